The van der Waals surface area contributed by atoms with E-state index in [0.29, 0.717) is 25.8 Å². The Morgan fingerprint density at radius 3 is 2.78 bits per heavy atom. The number of aliphatic hydroxyl groups is 1. The van der Waals surface area contributed by atoms with E-state index in [1.807, 2.05) is 13.8 Å². The molecule has 1 aromatic heterocycles. The molecule has 5 heteroatoms. The number of aliphatic hydroxyl groups excluding tert-OH is 1. The predicted molar refractivity (Wildman–Crippen MR) is 68.2 cm³/mol. The van der Waals surface area contributed by atoms with Crippen molar-refractivity contribution >= 4 is 5.91 Å². The van der Waals surface area contributed by atoms with Gasteiger partial charge in [-0.2, -0.15) is 0 Å². The van der Waals surface area contributed by atoms with E-state index >= 15 is 0 Å². The molecule has 0 radical (unpaired) electrons. The molecule has 0 spiro atoms. The maximum atomic E-state index is 11.6. The van der Waals surface area contributed by atoms with Crippen molar-refractivity contribution in [2.75, 3.05) is 6.54 Å². The summed E-state index contributed by atoms with van der Waals surface area (Å²) in [5, 5.41) is 15.8. The van der Waals surface area contributed by atoms with Gasteiger partial charge < -0.3 is 14.9 Å². The summed E-state index contributed by atoms with van der Waals surface area (Å²) in [4.78, 5) is 11.6. The Hall–Kier alpha value is -1.36. The van der Waals surface area contributed by atoms with Crippen molar-refractivity contribution in [1.29, 1.82) is 0 Å². The van der Waals surface area contributed by atoms with E-state index in [-0.39, 0.29) is 12.0 Å². The van der Waals surface area contributed by atoms with Crippen LogP contribution in [0.1, 0.15) is 43.2 Å². The van der Waals surface area contributed by atoms with Crippen LogP contribution in [0, 0.1) is 13.8 Å². The Kier molecular flexibility index (Phi) is 5.85. The van der Waals surface area contributed by atoms with Gasteiger partial charge in [0.05, 0.1) is 11.8 Å². The first-order chi connectivity index (χ1) is 8.50. The minimum atomic E-state index is -0.302. The molecule has 0 saturated heterocycles. The van der Waals surface area contributed by atoms with Gasteiger partial charge in [-0.3, -0.25) is 4.79 Å². The number of nitrogens with zero attached hydrogens (tertiary/aromatic N) is 1. The molecule has 0 fully saturated rings. The fourth-order valence-corrected chi connectivity index (χ4v) is 1.81. The number of aromatic nitrogens is 1. The average molecular weight is 254 g/mol. The van der Waals surface area contributed by atoms with Crippen LogP contribution in [-0.2, 0) is 11.2 Å². The Morgan fingerprint density at radius 2 is 2.22 bits per heavy atom. The van der Waals surface area contributed by atoms with Crippen LogP contribution in [0.3, 0.4) is 0 Å². The number of amides is 1. The third-order valence-electron chi connectivity index (χ3n) is 2.90. The van der Waals surface area contributed by atoms with Gasteiger partial charge in [-0.25, -0.2) is 0 Å². The standard InChI is InChI=1S/C13H22N2O3/c1-9(16)5-4-8-14-13(17)7-6-12-10(2)15-18-11(12)3/h9,16H,4-8H2,1-3H3,(H,14,17). The van der Waals surface area contributed by atoms with E-state index in [0.717, 1.165) is 23.4 Å². The van der Waals surface area contributed by atoms with Crippen LogP contribution in [0.25, 0.3) is 0 Å². The van der Waals surface area contributed by atoms with E-state index in [1.165, 1.54) is 0 Å². The van der Waals surface area contributed by atoms with Crippen molar-refractivity contribution in [3.05, 3.63) is 17.0 Å². The van der Waals surface area contributed by atoms with Crippen molar-refractivity contribution in [3.8, 4) is 0 Å². The van der Waals surface area contributed by atoms with Gasteiger partial charge in [0.2, 0.25) is 5.91 Å². The first-order valence-electron chi connectivity index (χ1n) is 6.37. The van der Waals surface area contributed by atoms with Gasteiger partial charge in [0.25, 0.3) is 0 Å². The van der Waals surface area contributed by atoms with Gasteiger partial charge in [0.1, 0.15) is 5.76 Å². The third kappa shape index (κ3) is 4.87. The Labute approximate surface area is 108 Å². The van der Waals surface area contributed by atoms with Crippen LogP contribution < -0.4 is 5.32 Å². The number of carbonyl (C=O) groups excluding carboxylic acids is 1. The third-order valence-corrected chi connectivity index (χ3v) is 2.90. The minimum absolute atomic E-state index is 0.0283. The summed E-state index contributed by atoms with van der Waals surface area (Å²) >= 11 is 0. The van der Waals surface area contributed by atoms with Crippen LogP contribution in [0.4, 0.5) is 0 Å². The first-order valence-corrected chi connectivity index (χ1v) is 6.37. The number of carbonyl (C=O) groups is 1. The lowest BCUT2D eigenvalue weighted by Crippen LogP contribution is -2.25. The monoisotopic (exact) mass is 254 g/mol. The Morgan fingerprint density at radius 1 is 1.50 bits per heavy atom. The number of rotatable bonds is 7. The van der Waals surface area contributed by atoms with E-state index in [2.05, 4.69) is 10.5 Å². The first kappa shape index (κ1) is 14.7. The van der Waals surface area contributed by atoms with Crippen LogP contribution in [0.2, 0.25) is 0 Å². The molecule has 1 rings (SSSR count). The number of aryl methyl sites for hydroxylation is 2. The molecule has 5 nitrogen and oxygen atoms in total. The van der Waals surface area contributed by atoms with Crippen LogP contribution in [0.15, 0.2) is 4.52 Å². The summed E-state index contributed by atoms with van der Waals surface area (Å²) in [7, 11) is 0. The highest BCUT2D eigenvalue weighted by molar-refractivity contribution is 5.76. The summed E-state index contributed by atoms with van der Waals surface area (Å²) in [6.45, 7) is 6.10. The molecule has 0 aliphatic rings. The molecular formula is C13H22N2O3. The van der Waals surface area contributed by atoms with Gasteiger partial charge in [-0.15, -0.1) is 0 Å². The van der Waals surface area contributed by atoms with Crippen molar-refractivity contribution in [1.82, 2.24) is 10.5 Å². The Balaban J connectivity index is 2.21. The molecule has 0 saturated carbocycles. The lowest BCUT2D eigenvalue weighted by atomic mass is 10.1. The summed E-state index contributed by atoms with van der Waals surface area (Å²) in [6.07, 6.45) is 2.31. The number of hydrogen-bond acceptors (Lipinski definition) is 4. The highest BCUT2D eigenvalue weighted by Gasteiger charge is 2.10. The van der Waals surface area contributed by atoms with Crippen molar-refractivity contribution in [2.45, 2.75) is 52.6 Å². The van der Waals surface area contributed by atoms with Crippen LogP contribution in [-0.4, -0.2) is 28.8 Å². The largest absolute Gasteiger partial charge is 0.393 e. The fraction of sp³-hybridized carbons (Fsp3) is 0.692. The molecule has 1 amide bonds. The van der Waals surface area contributed by atoms with E-state index in [9.17, 15) is 4.79 Å². The summed E-state index contributed by atoms with van der Waals surface area (Å²) in [6, 6.07) is 0. The molecule has 0 aliphatic heterocycles. The minimum Gasteiger partial charge on any atom is -0.393 e. The maximum absolute atomic E-state index is 11.6. The van der Waals surface area contributed by atoms with Gasteiger partial charge in [0, 0.05) is 18.5 Å². The molecule has 1 atom stereocenters. The van der Waals surface area contributed by atoms with E-state index < -0.39 is 0 Å². The fourth-order valence-electron chi connectivity index (χ4n) is 1.81. The summed E-state index contributed by atoms with van der Waals surface area (Å²) in [5.74, 6) is 0.815. The van der Waals surface area contributed by atoms with Crippen LogP contribution >= 0.6 is 0 Å². The zero-order valence-electron chi connectivity index (χ0n) is 11.3. The van der Waals surface area contributed by atoms with Gasteiger partial charge in [-0.1, -0.05) is 5.16 Å². The van der Waals surface area contributed by atoms with Gasteiger partial charge in [-0.05, 0) is 40.0 Å². The van der Waals surface area contributed by atoms with E-state index in [4.69, 9.17) is 9.63 Å². The summed E-state index contributed by atoms with van der Waals surface area (Å²) < 4.78 is 5.04. The molecule has 0 aromatic carbocycles. The number of nitrogens with one attached hydrogen (secondary N) is 1. The SMILES string of the molecule is Cc1noc(C)c1CCC(=O)NCCCC(C)O. The van der Waals surface area contributed by atoms with E-state index in [1.54, 1.807) is 6.92 Å². The highest BCUT2D eigenvalue weighted by Crippen LogP contribution is 2.14. The normalized spacial score (nSPS) is 12.4. The van der Waals surface area contributed by atoms with Gasteiger partial charge >= 0.3 is 0 Å². The number of hydrogen-bond donors (Lipinski definition) is 2. The molecule has 1 aromatic rings. The molecule has 0 bridgehead atoms. The van der Waals surface area contributed by atoms with Crippen molar-refractivity contribution in [3.63, 3.8) is 0 Å². The highest BCUT2D eigenvalue weighted by atomic mass is 16.5. The lowest BCUT2D eigenvalue weighted by molar-refractivity contribution is -0.121. The molecule has 1 heterocycles. The van der Waals surface area contributed by atoms with Gasteiger partial charge in [0.15, 0.2) is 0 Å². The van der Waals surface area contributed by atoms with Crippen molar-refractivity contribution < 1.29 is 14.4 Å². The average Bonchev–Trinajstić information content (AvgIpc) is 2.62. The molecule has 102 valence electrons. The summed E-state index contributed by atoms with van der Waals surface area (Å²) in [5.41, 5.74) is 1.88. The molecule has 1 unspecified atom stereocenters. The predicted octanol–water partition coefficient (Wildman–Crippen LogP) is 1.50. The molecular weight excluding hydrogens is 232 g/mol. The van der Waals surface area contributed by atoms with Crippen LogP contribution in [0.5, 0.6) is 0 Å². The zero-order valence-corrected chi connectivity index (χ0v) is 11.3. The zero-order chi connectivity index (χ0) is 13.5. The second-order valence-electron chi connectivity index (χ2n) is 4.64. The topological polar surface area (TPSA) is 75.4 Å². The second kappa shape index (κ2) is 7.16. The second-order valence-corrected chi connectivity index (χ2v) is 4.64. The Bertz CT molecular complexity index is 366. The molecule has 18 heavy (non-hydrogen) atoms. The lowest BCUT2D eigenvalue weighted by Gasteiger charge is -2.06. The quantitative estimate of drug-likeness (QED) is 0.723. The smallest absolute Gasteiger partial charge is 0.220 e. The molecule has 2 N–H and O–H groups in total. The molecule has 0 aliphatic carbocycles. The van der Waals surface area contributed by atoms with Crippen molar-refractivity contribution in [2.24, 2.45) is 0 Å². The maximum Gasteiger partial charge on any atom is 0.220 e.